The Morgan fingerprint density at radius 3 is 2.48 bits per heavy atom. The molecule has 0 aliphatic carbocycles. The van der Waals surface area contributed by atoms with E-state index in [1.165, 1.54) is 19.1 Å². The summed E-state index contributed by atoms with van der Waals surface area (Å²) in [5, 5.41) is 9.49. The Balaban J connectivity index is 2.09. The van der Waals surface area contributed by atoms with Crippen molar-refractivity contribution < 1.29 is 43.2 Å². The van der Waals surface area contributed by atoms with E-state index in [4.69, 9.17) is 18.9 Å². The number of aliphatic carboxylic acids is 1. The smallest absolute Gasteiger partial charge is 0.333 e. The van der Waals surface area contributed by atoms with Gasteiger partial charge in [-0.2, -0.15) is 0 Å². The highest BCUT2D eigenvalue weighted by Crippen LogP contribution is 2.48. The molecule has 2 aliphatic rings. The second-order valence-electron chi connectivity index (χ2n) is 6.13. The summed E-state index contributed by atoms with van der Waals surface area (Å²) in [6, 6.07) is 0. The molecule has 2 heterocycles. The Kier molecular flexibility index (Phi) is 6.17. The van der Waals surface area contributed by atoms with Gasteiger partial charge in [-0.15, -0.1) is 0 Å². The average Bonchev–Trinajstić information content (AvgIpc) is 3.19. The van der Waals surface area contributed by atoms with Crippen LogP contribution in [0.3, 0.4) is 0 Å². The van der Waals surface area contributed by atoms with E-state index >= 15 is 0 Å². The molecular formula is C18H20O9. The third kappa shape index (κ3) is 4.25. The standard InChI is InChI=1S/C18H20O9/c1-4-12(19)24-7-8-25-17(23)14-13(15(20)21)11-5-6-18(14,27-11)9-26-16(22)10(2)3/h4-6,11,13-14H,1-2,7-9H2,3H3,(H,20,21). The van der Waals surface area contributed by atoms with Gasteiger partial charge in [-0.25, -0.2) is 9.59 Å². The van der Waals surface area contributed by atoms with Crippen LogP contribution in [0.1, 0.15) is 6.92 Å². The van der Waals surface area contributed by atoms with Crippen LogP contribution in [0.25, 0.3) is 0 Å². The number of carboxylic acid groups (broad SMARTS) is 1. The Bertz CT molecular complexity index is 708. The first-order chi connectivity index (χ1) is 12.7. The number of carbonyl (C=O) groups excluding carboxylic acids is 3. The molecule has 1 saturated heterocycles. The van der Waals surface area contributed by atoms with E-state index < -0.39 is 47.4 Å². The molecule has 146 valence electrons. The third-order valence-electron chi connectivity index (χ3n) is 4.22. The Morgan fingerprint density at radius 2 is 1.89 bits per heavy atom. The molecule has 27 heavy (non-hydrogen) atoms. The van der Waals surface area contributed by atoms with Crippen molar-refractivity contribution in [3.8, 4) is 0 Å². The van der Waals surface area contributed by atoms with Crippen molar-refractivity contribution in [2.75, 3.05) is 19.8 Å². The minimum Gasteiger partial charge on any atom is -0.481 e. The highest BCUT2D eigenvalue weighted by Gasteiger charge is 2.63. The van der Waals surface area contributed by atoms with E-state index in [0.717, 1.165) is 6.08 Å². The highest BCUT2D eigenvalue weighted by atomic mass is 16.6. The van der Waals surface area contributed by atoms with Crippen LogP contribution in [0.5, 0.6) is 0 Å². The van der Waals surface area contributed by atoms with Crippen LogP contribution < -0.4 is 0 Å². The first-order valence-corrected chi connectivity index (χ1v) is 8.10. The van der Waals surface area contributed by atoms with Gasteiger partial charge < -0.3 is 24.1 Å². The van der Waals surface area contributed by atoms with Crippen LogP contribution in [0.15, 0.2) is 37.0 Å². The van der Waals surface area contributed by atoms with Gasteiger partial charge in [0.15, 0.2) is 0 Å². The van der Waals surface area contributed by atoms with Crippen LogP contribution in [0.4, 0.5) is 0 Å². The van der Waals surface area contributed by atoms with Gasteiger partial charge in [0.2, 0.25) is 0 Å². The quantitative estimate of drug-likeness (QED) is 0.199. The van der Waals surface area contributed by atoms with Gasteiger partial charge in [0.05, 0.1) is 6.10 Å². The van der Waals surface area contributed by atoms with Crippen molar-refractivity contribution in [1.82, 2.24) is 0 Å². The maximum absolute atomic E-state index is 12.5. The predicted octanol–water partition coefficient (Wildman–Crippen LogP) is 0.403. The average molecular weight is 380 g/mol. The lowest BCUT2D eigenvalue weighted by molar-refractivity contribution is -0.165. The lowest BCUT2D eigenvalue weighted by Gasteiger charge is -2.30. The molecule has 0 saturated carbocycles. The molecule has 0 aromatic rings. The SMILES string of the molecule is C=CC(=O)OCCOC(=O)C1C(C(=O)O)C2C=CC1(COC(=O)C(=C)C)O2. The zero-order valence-corrected chi connectivity index (χ0v) is 14.7. The van der Waals surface area contributed by atoms with E-state index in [1.807, 2.05) is 0 Å². The Labute approximate surface area is 155 Å². The zero-order valence-electron chi connectivity index (χ0n) is 14.7. The molecule has 4 unspecified atom stereocenters. The second kappa shape index (κ2) is 8.17. The zero-order chi connectivity index (χ0) is 20.2. The molecule has 2 bridgehead atoms. The van der Waals surface area contributed by atoms with Crippen molar-refractivity contribution in [2.45, 2.75) is 18.6 Å². The molecule has 0 radical (unpaired) electrons. The summed E-state index contributed by atoms with van der Waals surface area (Å²) in [5.41, 5.74) is -1.28. The molecule has 9 nitrogen and oxygen atoms in total. The summed E-state index contributed by atoms with van der Waals surface area (Å²) in [6.07, 6.45) is 3.14. The van der Waals surface area contributed by atoms with Crippen LogP contribution >= 0.6 is 0 Å². The second-order valence-corrected chi connectivity index (χ2v) is 6.13. The van der Waals surface area contributed by atoms with Crippen molar-refractivity contribution in [3.63, 3.8) is 0 Å². The molecule has 0 aromatic carbocycles. The van der Waals surface area contributed by atoms with E-state index in [-0.39, 0.29) is 25.4 Å². The molecule has 2 rings (SSSR count). The topological polar surface area (TPSA) is 125 Å². The van der Waals surface area contributed by atoms with Gasteiger partial charge in [0.25, 0.3) is 0 Å². The van der Waals surface area contributed by atoms with Gasteiger partial charge in [-0.05, 0) is 13.0 Å². The van der Waals surface area contributed by atoms with Crippen molar-refractivity contribution in [1.29, 1.82) is 0 Å². The van der Waals surface area contributed by atoms with Crippen LogP contribution in [0.2, 0.25) is 0 Å². The van der Waals surface area contributed by atoms with E-state index in [0.29, 0.717) is 0 Å². The molecule has 9 heteroatoms. The Hall–Kier alpha value is -2.94. The monoisotopic (exact) mass is 380 g/mol. The summed E-state index contributed by atoms with van der Waals surface area (Å²) < 4.78 is 20.5. The summed E-state index contributed by atoms with van der Waals surface area (Å²) in [6.45, 7) is 7.31. The fraction of sp³-hybridized carbons (Fsp3) is 0.444. The number of fused-ring (bicyclic) bond motifs is 2. The number of carboxylic acids is 1. The summed E-state index contributed by atoms with van der Waals surface area (Å²) >= 11 is 0. The molecule has 1 fully saturated rings. The molecule has 0 aromatic heterocycles. The molecule has 0 spiro atoms. The predicted molar refractivity (Wildman–Crippen MR) is 89.2 cm³/mol. The summed E-state index contributed by atoms with van der Waals surface area (Å²) in [5.74, 6) is -5.87. The fourth-order valence-corrected chi connectivity index (χ4v) is 2.99. The van der Waals surface area contributed by atoms with Crippen LogP contribution in [-0.2, 0) is 38.1 Å². The van der Waals surface area contributed by atoms with E-state index in [1.54, 1.807) is 0 Å². The summed E-state index contributed by atoms with van der Waals surface area (Å²) in [7, 11) is 0. The first kappa shape index (κ1) is 20.4. The molecule has 2 aliphatic heterocycles. The maximum atomic E-state index is 12.5. The van der Waals surface area contributed by atoms with Crippen LogP contribution in [-0.4, -0.2) is 60.5 Å². The van der Waals surface area contributed by atoms with Crippen molar-refractivity contribution in [2.24, 2.45) is 11.8 Å². The number of ether oxygens (including phenoxy) is 4. The Morgan fingerprint density at radius 1 is 1.22 bits per heavy atom. The van der Waals surface area contributed by atoms with Crippen molar-refractivity contribution in [3.05, 3.63) is 37.0 Å². The van der Waals surface area contributed by atoms with E-state index in [2.05, 4.69) is 13.2 Å². The largest absolute Gasteiger partial charge is 0.481 e. The van der Waals surface area contributed by atoms with Crippen LogP contribution in [0, 0.1) is 11.8 Å². The maximum Gasteiger partial charge on any atom is 0.333 e. The first-order valence-electron chi connectivity index (χ1n) is 8.10. The van der Waals surface area contributed by atoms with Crippen molar-refractivity contribution >= 4 is 23.9 Å². The molecular weight excluding hydrogens is 360 g/mol. The van der Waals surface area contributed by atoms with Gasteiger partial charge in [0, 0.05) is 11.6 Å². The minimum absolute atomic E-state index is 0.154. The number of rotatable bonds is 9. The third-order valence-corrected chi connectivity index (χ3v) is 4.22. The normalized spacial score (nSPS) is 27.7. The van der Waals surface area contributed by atoms with Gasteiger partial charge >= 0.3 is 23.9 Å². The number of hydrogen-bond donors (Lipinski definition) is 1. The van der Waals surface area contributed by atoms with Gasteiger partial charge in [-0.3, -0.25) is 9.59 Å². The number of carbonyl (C=O) groups is 4. The van der Waals surface area contributed by atoms with Gasteiger partial charge in [0.1, 0.15) is 37.3 Å². The number of hydrogen-bond acceptors (Lipinski definition) is 8. The molecule has 1 N–H and O–H groups in total. The van der Waals surface area contributed by atoms with E-state index in [9.17, 15) is 24.3 Å². The molecule has 0 amide bonds. The minimum atomic E-state index is -1.44. The molecule has 4 atom stereocenters. The summed E-state index contributed by atoms with van der Waals surface area (Å²) in [4.78, 5) is 46.8. The fourth-order valence-electron chi connectivity index (χ4n) is 2.99. The lowest BCUT2D eigenvalue weighted by atomic mass is 9.75. The highest BCUT2D eigenvalue weighted by molar-refractivity contribution is 5.87. The number of esters is 3. The lowest BCUT2D eigenvalue weighted by Crippen LogP contribution is -2.47. The van der Waals surface area contributed by atoms with Gasteiger partial charge in [-0.1, -0.05) is 19.2 Å².